The van der Waals surface area contributed by atoms with Crippen molar-refractivity contribution in [1.29, 1.82) is 0 Å². The van der Waals surface area contributed by atoms with E-state index in [9.17, 15) is 4.79 Å². The lowest BCUT2D eigenvalue weighted by molar-refractivity contribution is 0.0963. The van der Waals surface area contributed by atoms with E-state index in [1.54, 1.807) is 13.1 Å². The summed E-state index contributed by atoms with van der Waals surface area (Å²) in [6, 6.07) is 5.96. The summed E-state index contributed by atoms with van der Waals surface area (Å²) in [5.74, 6) is 0.634. The van der Waals surface area contributed by atoms with Crippen molar-refractivity contribution in [1.82, 2.24) is 5.32 Å². The van der Waals surface area contributed by atoms with Gasteiger partial charge in [0.2, 0.25) is 0 Å². The van der Waals surface area contributed by atoms with Crippen LogP contribution in [0.3, 0.4) is 0 Å². The van der Waals surface area contributed by atoms with Crippen LogP contribution in [0.2, 0.25) is 0 Å². The zero-order valence-corrected chi connectivity index (χ0v) is 13.1. The number of nitrogens with one attached hydrogen (secondary N) is 2. The van der Waals surface area contributed by atoms with E-state index in [2.05, 4.69) is 17.6 Å². The Morgan fingerprint density at radius 1 is 1.33 bits per heavy atom. The maximum atomic E-state index is 11.6. The van der Waals surface area contributed by atoms with E-state index < -0.39 is 0 Å². The SMILES string of the molecule is CCC(Nc1ccc(C(=O)NC)cc1N)C1CCCCC1. The number of nitrogens with two attached hydrogens (primary N) is 1. The highest BCUT2D eigenvalue weighted by Gasteiger charge is 2.22. The van der Waals surface area contributed by atoms with E-state index in [1.165, 1.54) is 32.1 Å². The smallest absolute Gasteiger partial charge is 0.251 e. The number of rotatable bonds is 5. The Bertz CT molecular complexity index is 481. The van der Waals surface area contributed by atoms with Gasteiger partial charge in [0.15, 0.2) is 0 Å². The van der Waals surface area contributed by atoms with E-state index in [0.29, 0.717) is 17.3 Å². The van der Waals surface area contributed by atoms with Gasteiger partial charge in [0, 0.05) is 18.7 Å². The molecule has 1 atom stereocenters. The molecule has 1 amide bonds. The molecule has 1 aliphatic rings. The summed E-state index contributed by atoms with van der Waals surface area (Å²) in [7, 11) is 1.63. The molecule has 0 aromatic heterocycles. The molecule has 116 valence electrons. The summed E-state index contributed by atoms with van der Waals surface area (Å²) in [5, 5.41) is 6.21. The van der Waals surface area contributed by atoms with Crippen molar-refractivity contribution in [3.05, 3.63) is 23.8 Å². The number of hydrogen-bond acceptors (Lipinski definition) is 3. The summed E-state index contributed by atoms with van der Waals surface area (Å²) in [6.45, 7) is 2.22. The fourth-order valence-corrected chi connectivity index (χ4v) is 3.27. The van der Waals surface area contributed by atoms with Crippen LogP contribution in [0.1, 0.15) is 55.8 Å². The van der Waals surface area contributed by atoms with Crippen LogP contribution in [0.15, 0.2) is 18.2 Å². The van der Waals surface area contributed by atoms with Crippen LogP contribution in [0, 0.1) is 5.92 Å². The summed E-state index contributed by atoms with van der Waals surface area (Å²) < 4.78 is 0. The molecule has 1 aromatic rings. The Kier molecular flexibility index (Phi) is 5.48. The van der Waals surface area contributed by atoms with Crippen LogP contribution >= 0.6 is 0 Å². The third-order valence-electron chi connectivity index (χ3n) is 4.54. The van der Waals surface area contributed by atoms with Crippen molar-refractivity contribution in [2.24, 2.45) is 5.92 Å². The number of carbonyl (C=O) groups is 1. The Hall–Kier alpha value is -1.71. The molecule has 4 heteroatoms. The zero-order chi connectivity index (χ0) is 15.2. The van der Waals surface area contributed by atoms with Gasteiger partial charge in [-0.05, 0) is 43.4 Å². The molecule has 0 heterocycles. The van der Waals surface area contributed by atoms with Gasteiger partial charge in [0.25, 0.3) is 5.91 Å². The number of amides is 1. The highest BCUT2D eigenvalue weighted by atomic mass is 16.1. The summed E-state index contributed by atoms with van der Waals surface area (Å²) in [4.78, 5) is 11.6. The monoisotopic (exact) mass is 289 g/mol. The van der Waals surface area contributed by atoms with Crippen LogP contribution in [0.25, 0.3) is 0 Å². The average Bonchev–Trinajstić information content (AvgIpc) is 2.53. The fourth-order valence-electron chi connectivity index (χ4n) is 3.27. The lowest BCUT2D eigenvalue weighted by atomic mass is 9.83. The normalized spacial score (nSPS) is 17.2. The van der Waals surface area contributed by atoms with Crippen molar-refractivity contribution in [2.75, 3.05) is 18.1 Å². The third-order valence-corrected chi connectivity index (χ3v) is 4.54. The van der Waals surface area contributed by atoms with Crippen LogP contribution in [0.5, 0.6) is 0 Å². The standard InChI is InChI=1S/C17H27N3O/c1-3-15(12-7-5-4-6-8-12)20-16-10-9-13(11-14(16)18)17(21)19-2/h9-12,15,20H,3-8,18H2,1-2H3,(H,19,21). The Labute approximate surface area is 127 Å². The molecule has 0 spiro atoms. The quantitative estimate of drug-likeness (QED) is 0.728. The molecule has 0 saturated heterocycles. The van der Waals surface area contributed by atoms with E-state index >= 15 is 0 Å². The van der Waals surface area contributed by atoms with E-state index in [4.69, 9.17) is 5.73 Å². The lowest BCUT2D eigenvalue weighted by Gasteiger charge is -2.31. The van der Waals surface area contributed by atoms with Gasteiger partial charge in [0.05, 0.1) is 11.4 Å². The van der Waals surface area contributed by atoms with Crippen molar-refractivity contribution in [3.63, 3.8) is 0 Å². The number of hydrogen-bond donors (Lipinski definition) is 3. The number of nitrogen functional groups attached to an aromatic ring is 1. The first-order chi connectivity index (χ1) is 10.2. The topological polar surface area (TPSA) is 67.2 Å². The maximum Gasteiger partial charge on any atom is 0.251 e. The lowest BCUT2D eigenvalue weighted by Crippen LogP contribution is -2.30. The second kappa shape index (κ2) is 7.34. The summed E-state index contributed by atoms with van der Waals surface area (Å²) >= 11 is 0. The van der Waals surface area contributed by atoms with Gasteiger partial charge in [-0.1, -0.05) is 26.2 Å². The molecular weight excluding hydrogens is 262 g/mol. The van der Waals surface area contributed by atoms with E-state index in [-0.39, 0.29) is 5.91 Å². The first-order valence-corrected chi connectivity index (χ1v) is 8.03. The summed E-state index contributed by atoms with van der Waals surface area (Å²) in [5.41, 5.74) is 8.30. The van der Waals surface area contributed by atoms with Crippen LogP contribution in [0.4, 0.5) is 11.4 Å². The van der Waals surface area contributed by atoms with Crippen LogP contribution < -0.4 is 16.4 Å². The second-order valence-electron chi connectivity index (χ2n) is 5.94. The van der Waals surface area contributed by atoms with Crippen molar-refractivity contribution >= 4 is 17.3 Å². The van der Waals surface area contributed by atoms with Gasteiger partial charge in [-0.3, -0.25) is 4.79 Å². The molecule has 1 aliphatic carbocycles. The predicted octanol–water partition coefficient (Wildman–Crippen LogP) is 3.40. The maximum absolute atomic E-state index is 11.6. The second-order valence-corrected chi connectivity index (χ2v) is 5.94. The molecule has 1 unspecified atom stereocenters. The average molecular weight is 289 g/mol. The molecule has 1 aromatic carbocycles. The van der Waals surface area contributed by atoms with Gasteiger partial charge in [0.1, 0.15) is 0 Å². The third kappa shape index (κ3) is 3.90. The van der Waals surface area contributed by atoms with E-state index in [1.807, 2.05) is 12.1 Å². The summed E-state index contributed by atoms with van der Waals surface area (Å²) in [6.07, 6.45) is 7.77. The fraction of sp³-hybridized carbons (Fsp3) is 0.588. The molecular formula is C17H27N3O. The molecule has 4 nitrogen and oxygen atoms in total. The van der Waals surface area contributed by atoms with Crippen molar-refractivity contribution in [3.8, 4) is 0 Å². The first-order valence-electron chi connectivity index (χ1n) is 8.03. The number of carbonyl (C=O) groups excluding carboxylic acids is 1. The molecule has 0 radical (unpaired) electrons. The minimum absolute atomic E-state index is 0.104. The largest absolute Gasteiger partial charge is 0.397 e. The molecule has 21 heavy (non-hydrogen) atoms. The first kappa shape index (κ1) is 15.7. The van der Waals surface area contributed by atoms with Crippen LogP contribution in [-0.4, -0.2) is 19.0 Å². The highest BCUT2D eigenvalue weighted by molar-refractivity contribution is 5.95. The predicted molar refractivity (Wildman–Crippen MR) is 88.5 cm³/mol. The molecule has 0 aliphatic heterocycles. The van der Waals surface area contributed by atoms with Gasteiger partial charge < -0.3 is 16.4 Å². The van der Waals surface area contributed by atoms with Gasteiger partial charge in [-0.15, -0.1) is 0 Å². The Balaban J connectivity index is 2.08. The number of benzene rings is 1. The van der Waals surface area contributed by atoms with E-state index in [0.717, 1.165) is 18.0 Å². The minimum atomic E-state index is -0.104. The molecule has 1 fully saturated rings. The van der Waals surface area contributed by atoms with Crippen molar-refractivity contribution in [2.45, 2.75) is 51.5 Å². The van der Waals surface area contributed by atoms with Gasteiger partial charge >= 0.3 is 0 Å². The Morgan fingerprint density at radius 2 is 2.05 bits per heavy atom. The molecule has 4 N–H and O–H groups in total. The Morgan fingerprint density at radius 3 is 2.62 bits per heavy atom. The molecule has 2 rings (SSSR count). The molecule has 0 bridgehead atoms. The zero-order valence-electron chi connectivity index (χ0n) is 13.1. The molecule has 1 saturated carbocycles. The van der Waals surface area contributed by atoms with Crippen molar-refractivity contribution < 1.29 is 4.79 Å². The van der Waals surface area contributed by atoms with Gasteiger partial charge in [-0.2, -0.15) is 0 Å². The minimum Gasteiger partial charge on any atom is -0.397 e. The number of anilines is 2. The van der Waals surface area contributed by atoms with Gasteiger partial charge in [-0.25, -0.2) is 0 Å². The highest BCUT2D eigenvalue weighted by Crippen LogP contribution is 2.31. The van der Waals surface area contributed by atoms with Crippen LogP contribution in [-0.2, 0) is 0 Å².